The normalized spacial score (nSPS) is 14.1. The van der Waals surface area contributed by atoms with Gasteiger partial charge in [-0.25, -0.2) is 0 Å². The van der Waals surface area contributed by atoms with Crippen LogP contribution >= 0.6 is 0 Å². The molecule has 0 aliphatic rings. The van der Waals surface area contributed by atoms with Crippen LogP contribution in [0.4, 0.5) is 0 Å². The molecule has 0 fully saturated rings. The average molecular weight is 217 g/mol. The van der Waals surface area contributed by atoms with Gasteiger partial charge in [-0.05, 0) is 31.0 Å². The summed E-state index contributed by atoms with van der Waals surface area (Å²) in [7, 11) is 0. The van der Waals surface area contributed by atoms with Gasteiger partial charge < -0.3 is 5.11 Å². The largest absolute Gasteiger partial charge is 0.385 e. The van der Waals surface area contributed by atoms with E-state index in [0.29, 0.717) is 5.56 Å². The second kappa shape index (κ2) is 5.67. The maximum absolute atomic E-state index is 10.3. The summed E-state index contributed by atoms with van der Waals surface area (Å²) in [4.78, 5) is 0. The second-order valence-electron chi connectivity index (χ2n) is 4.42. The van der Waals surface area contributed by atoms with Gasteiger partial charge in [-0.15, -0.1) is 0 Å². The number of hydrogen-bond acceptors (Lipinski definition) is 2. The van der Waals surface area contributed by atoms with Crippen LogP contribution in [0.2, 0.25) is 0 Å². The average Bonchev–Trinajstić information content (AvgIpc) is 2.29. The molecule has 0 radical (unpaired) electrons. The molecule has 1 aromatic rings. The summed E-state index contributed by atoms with van der Waals surface area (Å²) < 4.78 is 0. The van der Waals surface area contributed by atoms with Gasteiger partial charge in [0.2, 0.25) is 0 Å². The van der Waals surface area contributed by atoms with Crippen molar-refractivity contribution in [3.8, 4) is 6.07 Å². The molecule has 0 aromatic heterocycles. The fraction of sp³-hybridized carbons (Fsp3) is 0.500. The van der Waals surface area contributed by atoms with Gasteiger partial charge in [-0.1, -0.05) is 38.3 Å². The molecule has 0 amide bonds. The Kier molecular flexibility index (Phi) is 4.52. The van der Waals surface area contributed by atoms with Gasteiger partial charge in [0.05, 0.1) is 17.2 Å². The summed E-state index contributed by atoms with van der Waals surface area (Å²) in [5.41, 5.74) is 0.623. The summed E-state index contributed by atoms with van der Waals surface area (Å²) in [6, 6.07) is 9.32. The lowest BCUT2D eigenvalue weighted by atomic mass is 9.89. The molecule has 0 aliphatic carbocycles. The van der Waals surface area contributed by atoms with E-state index in [-0.39, 0.29) is 0 Å². The zero-order valence-electron chi connectivity index (χ0n) is 10.0. The number of hydrogen-bond donors (Lipinski definition) is 1. The third-order valence-electron chi connectivity index (χ3n) is 2.88. The molecule has 1 unspecified atom stereocenters. The molecule has 1 atom stereocenters. The molecule has 0 bridgehead atoms. The summed E-state index contributed by atoms with van der Waals surface area (Å²) in [5.74, 6) is 0. The lowest BCUT2D eigenvalue weighted by Gasteiger charge is -2.24. The summed E-state index contributed by atoms with van der Waals surface area (Å²) in [6.45, 7) is 3.96. The minimum atomic E-state index is -0.817. The zero-order valence-corrected chi connectivity index (χ0v) is 10.0. The van der Waals surface area contributed by atoms with Crippen molar-refractivity contribution >= 4 is 0 Å². The molecule has 0 aliphatic heterocycles. The molecule has 0 saturated carbocycles. The van der Waals surface area contributed by atoms with Crippen molar-refractivity contribution in [3.05, 3.63) is 35.4 Å². The molecule has 1 rings (SSSR count). The molecule has 16 heavy (non-hydrogen) atoms. The van der Waals surface area contributed by atoms with Crippen LogP contribution in [-0.4, -0.2) is 5.11 Å². The highest BCUT2D eigenvalue weighted by Gasteiger charge is 2.22. The van der Waals surface area contributed by atoms with Gasteiger partial charge in [-0.2, -0.15) is 5.26 Å². The monoisotopic (exact) mass is 217 g/mol. The predicted molar refractivity (Wildman–Crippen MR) is 64.9 cm³/mol. The first-order valence-corrected chi connectivity index (χ1v) is 5.83. The highest BCUT2D eigenvalue weighted by Crippen LogP contribution is 2.27. The maximum atomic E-state index is 10.3. The van der Waals surface area contributed by atoms with E-state index in [9.17, 15) is 5.11 Å². The number of unbranched alkanes of at least 4 members (excludes halogenated alkanes) is 2. The van der Waals surface area contributed by atoms with E-state index in [2.05, 4.69) is 13.0 Å². The minimum absolute atomic E-state index is 0.605. The van der Waals surface area contributed by atoms with Crippen molar-refractivity contribution in [3.63, 3.8) is 0 Å². The number of aliphatic hydroxyl groups is 1. The Hall–Kier alpha value is -1.33. The van der Waals surface area contributed by atoms with E-state index in [4.69, 9.17) is 5.26 Å². The lowest BCUT2D eigenvalue weighted by molar-refractivity contribution is 0.0449. The fourth-order valence-electron chi connectivity index (χ4n) is 1.79. The molecule has 2 heteroatoms. The molecule has 0 spiro atoms. The summed E-state index contributed by atoms with van der Waals surface area (Å²) in [6.07, 6.45) is 4.04. The fourth-order valence-corrected chi connectivity index (χ4v) is 1.79. The van der Waals surface area contributed by atoms with E-state index < -0.39 is 5.60 Å². The van der Waals surface area contributed by atoms with Gasteiger partial charge in [-0.3, -0.25) is 0 Å². The minimum Gasteiger partial charge on any atom is -0.385 e. The SMILES string of the molecule is CCCCCC(C)(O)c1cccc(C#N)c1. The topological polar surface area (TPSA) is 44.0 Å². The molecular formula is C14H19NO. The van der Waals surface area contributed by atoms with Crippen molar-refractivity contribution in [2.75, 3.05) is 0 Å². The van der Waals surface area contributed by atoms with E-state index in [1.807, 2.05) is 19.1 Å². The first-order chi connectivity index (χ1) is 7.60. The second-order valence-corrected chi connectivity index (χ2v) is 4.42. The van der Waals surface area contributed by atoms with Gasteiger partial charge >= 0.3 is 0 Å². The third kappa shape index (κ3) is 3.36. The van der Waals surface area contributed by atoms with Crippen LogP contribution in [0.3, 0.4) is 0 Å². The molecule has 1 N–H and O–H groups in total. The molecule has 86 valence electrons. The number of benzene rings is 1. The van der Waals surface area contributed by atoms with Gasteiger partial charge in [0.1, 0.15) is 0 Å². The Bertz CT molecular complexity index is 377. The van der Waals surface area contributed by atoms with Crippen molar-refractivity contribution in [2.45, 2.75) is 45.1 Å². The Balaban J connectivity index is 2.77. The number of nitriles is 1. The molecule has 0 heterocycles. The van der Waals surface area contributed by atoms with E-state index >= 15 is 0 Å². The van der Waals surface area contributed by atoms with Crippen LogP contribution in [0, 0.1) is 11.3 Å². The van der Waals surface area contributed by atoms with Gasteiger partial charge in [0.25, 0.3) is 0 Å². The van der Waals surface area contributed by atoms with Crippen molar-refractivity contribution in [1.82, 2.24) is 0 Å². The zero-order chi connectivity index (χ0) is 12.0. The molecule has 0 saturated heterocycles. The van der Waals surface area contributed by atoms with Crippen LogP contribution in [0.5, 0.6) is 0 Å². The van der Waals surface area contributed by atoms with E-state index in [0.717, 1.165) is 31.2 Å². The Morgan fingerprint density at radius 2 is 2.12 bits per heavy atom. The highest BCUT2D eigenvalue weighted by molar-refractivity contribution is 5.35. The van der Waals surface area contributed by atoms with Gasteiger partial charge in [0.15, 0.2) is 0 Å². The Morgan fingerprint density at radius 3 is 2.75 bits per heavy atom. The number of nitrogens with zero attached hydrogens (tertiary/aromatic N) is 1. The van der Waals surface area contributed by atoms with Crippen molar-refractivity contribution in [2.24, 2.45) is 0 Å². The van der Waals surface area contributed by atoms with Crippen LogP contribution in [0.15, 0.2) is 24.3 Å². The quantitative estimate of drug-likeness (QED) is 0.769. The molecular weight excluding hydrogens is 198 g/mol. The smallest absolute Gasteiger partial charge is 0.0991 e. The van der Waals surface area contributed by atoms with Crippen molar-refractivity contribution in [1.29, 1.82) is 5.26 Å². The molecule has 2 nitrogen and oxygen atoms in total. The van der Waals surface area contributed by atoms with Crippen LogP contribution in [-0.2, 0) is 5.60 Å². The van der Waals surface area contributed by atoms with Crippen LogP contribution in [0.1, 0.15) is 50.7 Å². The predicted octanol–water partition coefficient (Wildman–Crippen LogP) is 3.35. The van der Waals surface area contributed by atoms with Crippen LogP contribution in [0.25, 0.3) is 0 Å². The van der Waals surface area contributed by atoms with Crippen LogP contribution < -0.4 is 0 Å². The van der Waals surface area contributed by atoms with Gasteiger partial charge in [0, 0.05) is 0 Å². The standard InChI is InChI=1S/C14H19NO/c1-3-4-5-9-14(2,16)13-8-6-7-12(10-13)11-15/h6-8,10,16H,3-5,9H2,1-2H3. The summed E-state index contributed by atoms with van der Waals surface area (Å²) >= 11 is 0. The molecule has 1 aromatic carbocycles. The summed E-state index contributed by atoms with van der Waals surface area (Å²) in [5, 5.41) is 19.1. The Morgan fingerprint density at radius 1 is 1.38 bits per heavy atom. The first-order valence-electron chi connectivity index (χ1n) is 5.83. The first kappa shape index (κ1) is 12.7. The third-order valence-corrected chi connectivity index (χ3v) is 2.88. The van der Waals surface area contributed by atoms with E-state index in [1.54, 1.807) is 12.1 Å². The van der Waals surface area contributed by atoms with Crippen molar-refractivity contribution < 1.29 is 5.11 Å². The maximum Gasteiger partial charge on any atom is 0.0991 e. The number of rotatable bonds is 5. The Labute approximate surface area is 97.5 Å². The highest BCUT2D eigenvalue weighted by atomic mass is 16.3. The lowest BCUT2D eigenvalue weighted by Crippen LogP contribution is -2.21. The van der Waals surface area contributed by atoms with E-state index in [1.165, 1.54) is 0 Å².